The van der Waals surface area contributed by atoms with E-state index in [0.717, 1.165) is 11.3 Å². The molecule has 6 nitrogen and oxygen atoms in total. The lowest BCUT2D eigenvalue weighted by atomic mass is 10.1. The van der Waals surface area contributed by atoms with E-state index in [1.165, 1.54) is 42.7 Å². The summed E-state index contributed by atoms with van der Waals surface area (Å²) in [6, 6.07) is 8.42. The molecule has 2 N–H and O–H groups in total. The first-order valence-electron chi connectivity index (χ1n) is 9.12. The summed E-state index contributed by atoms with van der Waals surface area (Å²) >= 11 is 1.16. The molecule has 3 aromatic heterocycles. The highest BCUT2D eigenvalue weighted by atomic mass is 32.1. The van der Waals surface area contributed by atoms with Gasteiger partial charge in [0.2, 0.25) is 0 Å². The quantitative estimate of drug-likeness (QED) is 0.482. The van der Waals surface area contributed by atoms with Crippen LogP contribution in [0.4, 0.5) is 13.9 Å². The summed E-state index contributed by atoms with van der Waals surface area (Å²) in [6.07, 6.45) is 2.39. The largest absolute Gasteiger partial charge is 0.388 e. The highest BCUT2D eigenvalue weighted by Crippen LogP contribution is 2.27. The minimum Gasteiger partial charge on any atom is -0.388 e. The third-order valence-electron chi connectivity index (χ3n) is 4.47. The standard InChI is InChI=1S/C21H16F2N4O2S/c1-2-17(28)12-7-14(23)19(25-10-12)16-5-3-11(9-24-16)20(29)27-21-26-15-6-4-13(22)8-18(15)30-21/h3-10,17,28H,2H2,1H3,(H,26,27,29)/t17-/m1/s1. The number of aliphatic hydroxyl groups is 1. The number of carbonyl (C=O) groups excluding carboxylic acids is 1. The predicted octanol–water partition coefficient (Wildman–Crippen LogP) is 4.73. The van der Waals surface area contributed by atoms with Crippen molar-refractivity contribution in [2.45, 2.75) is 19.4 Å². The number of anilines is 1. The molecule has 0 fully saturated rings. The van der Waals surface area contributed by atoms with Gasteiger partial charge in [0, 0.05) is 18.0 Å². The van der Waals surface area contributed by atoms with Gasteiger partial charge >= 0.3 is 0 Å². The summed E-state index contributed by atoms with van der Waals surface area (Å²) in [5, 5.41) is 12.8. The van der Waals surface area contributed by atoms with E-state index < -0.39 is 17.8 Å². The normalized spacial score (nSPS) is 12.1. The minimum absolute atomic E-state index is 0.0298. The molecule has 4 rings (SSSR count). The number of fused-ring (bicyclic) bond motifs is 1. The van der Waals surface area contributed by atoms with Gasteiger partial charge in [-0.15, -0.1) is 0 Å². The van der Waals surface area contributed by atoms with Gasteiger partial charge in [0.25, 0.3) is 5.91 Å². The molecule has 0 unspecified atom stereocenters. The number of amides is 1. The molecule has 30 heavy (non-hydrogen) atoms. The van der Waals surface area contributed by atoms with Gasteiger partial charge < -0.3 is 5.11 Å². The average molecular weight is 426 g/mol. The van der Waals surface area contributed by atoms with Crippen molar-refractivity contribution < 1.29 is 18.7 Å². The van der Waals surface area contributed by atoms with Crippen molar-refractivity contribution >= 4 is 32.6 Å². The second kappa shape index (κ2) is 8.21. The Morgan fingerprint density at radius 2 is 2.00 bits per heavy atom. The van der Waals surface area contributed by atoms with Crippen molar-refractivity contribution in [3.05, 3.63) is 71.6 Å². The molecule has 0 aliphatic carbocycles. The Balaban J connectivity index is 1.52. The smallest absolute Gasteiger partial charge is 0.259 e. The van der Waals surface area contributed by atoms with Gasteiger partial charge in [-0.25, -0.2) is 13.8 Å². The zero-order valence-corrected chi connectivity index (χ0v) is 16.6. The van der Waals surface area contributed by atoms with E-state index in [-0.39, 0.29) is 22.8 Å². The maximum Gasteiger partial charge on any atom is 0.259 e. The number of nitrogens with one attached hydrogen (secondary N) is 1. The van der Waals surface area contributed by atoms with Crippen molar-refractivity contribution in [2.75, 3.05) is 5.32 Å². The van der Waals surface area contributed by atoms with Gasteiger partial charge in [0.15, 0.2) is 10.9 Å². The lowest BCUT2D eigenvalue weighted by Crippen LogP contribution is -2.12. The fraction of sp³-hybridized carbons (Fsp3) is 0.143. The molecule has 0 radical (unpaired) electrons. The summed E-state index contributed by atoms with van der Waals surface area (Å²) in [5.41, 5.74) is 1.52. The second-order valence-corrected chi connectivity index (χ2v) is 7.57. The fourth-order valence-electron chi connectivity index (χ4n) is 2.85. The number of thiazole rings is 1. The number of rotatable bonds is 5. The van der Waals surface area contributed by atoms with Gasteiger partial charge in [-0.05, 0) is 42.8 Å². The van der Waals surface area contributed by atoms with Crippen LogP contribution in [0.2, 0.25) is 0 Å². The summed E-state index contributed by atoms with van der Waals surface area (Å²) in [4.78, 5) is 24.9. The molecule has 0 aliphatic rings. The van der Waals surface area contributed by atoms with Crippen LogP contribution in [-0.2, 0) is 0 Å². The molecule has 0 aliphatic heterocycles. The Morgan fingerprint density at radius 1 is 1.17 bits per heavy atom. The van der Waals surface area contributed by atoms with E-state index in [1.54, 1.807) is 13.0 Å². The van der Waals surface area contributed by atoms with Gasteiger partial charge in [0.05, 0.1) is 27.6 Å². The second-order valence-electron chi connectivity index (χ2n) is 6.54. The number of aliphatic hydroxyl groups excluding tert-OH is 1. The van der Waals surface area contributed by atoms with Crippen LogP contribution in [0, 0.1) is 11.6 Å². The first-order valence-corrected chi connectivity index (χ1v) is 9.93. The number of hydrogen-bond donors (Lipinski definition) is 2. The van der Waals surface area contributed by atoms with Crippen LogP contribution >= 0.6 is 11.3 Å². The summed E-state index contributed by atoms with van der Waals surface area (Å²) in [7, 11) is 0. The summed E-state index contributed by atoms with van der Waals surface area (Å²) in [6.45, 7) is 1.79. The van der Waals surface area contributed by atoms with Gasteiger partial charge in [0.1, 0.15) is 11.5 Å². The van der Waals surface area contributed by atoms with E-state index in [0.29, 0.717) is 27.3 Å². The van der Waals surface area contributed by atoms with Crippen LogP contribution < -0.4 is 5.32 Å². The van der Waals surface area contributed by atoms with Crippen LogP contribution in [0.3, 0.4) is 0 Å². The first-order chi connectivity index (χ1) is 14.4. The molecule has 0 bridgehead atoms. The van der Waals surface area contributed by atoms with Crippen LogP contribution in [0.5, 0.6) is 0 Å². The zero-order chi connectivity index (χ0) is 21.3. The highest BCUT2D eigenvalue weighted by Gasteiger charge is 2.15. The Hall–Kier alpha value is -3.30. The monoisotopic (exact) mass is 426 g/mol. The zero-order valence-electron chi connectivity index (χ0n) is 15.8. The summed E-state index contributed by atoms with van der Waals surface area (Å²) < 4.78 is 28.3. The first kappa shape index (κ1) is 20.0. The van der Waals surface area contributed by atoms with Crippen LogP contribution in [0.25, 0.3) is 21.6 Å². The van der Waals surface area contributed by atoms with E-state index in [9.17, 15) is 18.7 Å². The van der Waals surface area contributed by atoms with E-state index in [1.807, 2.05) is 0 Å². The Morgan fingerprint density at radius 3 is 2.70 bits per heavy atom. The SMILES string of the molecule is CC[C@@H](O)c1cnc(-c2ccc(C(=O)Nc3nc4ccc(F)cc4s3)cn2)c(F)c1. The number of nitrogens with zero attached hydrogens (tertiary/aromatic N) is 3. The molecule has 3 heterocycles. The molecular weight excluding hydrogens is 410 g/mol. The Labute approximate surface area is 174 Å². The molecule has 1 amide bonds. The van der Waals surface area contributed by atoms with Crippen molar-refractivity contribution in [3.63, 3.8) is 0 Å². The third-order valence-corrected chi connectivity index (χ3v) is 5.41. The number of benzene rings is 1. The minimum atomic E-state index is -0.779. The third kappa shape index (κ3) is 4.03. The van der Waals surface area contributed by atoms with E-state index in [4.69, 9.17) is 0 Å². The molecule has 0 spiro atoms. The highest BCUT2D eigenvalue weighted by molar-refractivity contribution is 7.22. The summed E-state index contributed by atoms with van der Waals surface area (Å²) in [5.74, 6) is -1.42. The Bertz CT molecular complexity index is 1230. The number of halogens is 2. The van der Waals surface area contributed by atoms with Crippen molar-refractivity contribution in [1.29, 1.82) is 0 Å². The molecule has 1 aromatic carbocycles. The molecule has 1 atom stereocenters. The molecule has 152 valence electrons. The van der Waals surface area contributed by atoms with Gasteiger partial charge in [-0.1, -0.05) is 18.3 Å². The van der Waals surface area contributed by atoms with Gasteiger partial charge in [-0.3, -0.25) is 20.1 Å². The lowest BCUT2D eigenvalue weighted by molar-refractivity contribution is 0.102. The maximum atomic E-state index is 14.4. The number of carbonyl (C=O) groups is 1. The van der Waals surface area contributed by atoms with E-state index in [2.05, 4.69) is 20.3 Å². The van der Waals surface area contributed by atoms with Crippen LogP contribution in [0.1, 0.15) is 35.4 Å². The van der Waals surface area contributed by atoms with Crippen LogP contribution in [0.15, 0.2) is 48.8 Å². The molecule has 0 saturated carbocycles. The van der Waals surface area contributed by atoms with Crippen molar-refractivity contribution in [1.82, 2.24) is 15.0 Å². The fourth-order valence-corrected chi connectivity index (χ4v) is 3.73. The molecule has 9 heteroatoms. The topological polar surface area (TPSA) is 88.0 Å². The van der Waals surface area contributed by atoms with Crippen molar-refractivity contribution in [3.8, 4) is 11.4 Å². The molecular formula is C21H16F2N4O2S. The molecule has 4 aromatic rings. The number of hydrogen-bond acceptors (Lipinski definition) is 6. The van der Waals surface area contributed by atoms with E-state index >= 15 is 0 Å². The average Bonchev–Trinajstić information content (AvgIpc) is 3.14. The number of aromatic nitrogens is 3. The maximum absolute atomic E-state index is 14.4. The molecule has 0 saturated heterocycles. The lowest BCUT2D eigenvalue weighted by Gasteiger charge is -2.09. The van der Waals surface area contributed by atoms with Gasteiger partial charge in [-0.2, -0.15) is 0 Å². The van der Waals surface area contributed by atoms with Crippen molar-refractivity contribution in [2.24, 2.45) is 0 Å². The number of pyridine rings is 2. The Kier molecular flexibility index (Phi) is 5.47. The predicted molar refractivity (Wildman–Crippen MR) is 110 cm³/mol. The van der Waals surface area contributed by atoms with Crippen LogP contribution in [-0.4, -0.2) is 26.0 Å².